The van der Waals surface area contributed by atoms with Crippen molar-refractivity contribution in [3.8, 4) is 11.1 Å². The summed E-state index contributed by atoms with van der Waals surface area (Å²) in [5.41, 5.74) is 1.64. The summed E-state index contributed by atoms with van der Waals surface area (Å²) in [7, 11) is 0. The zero-order valence-electron chi connectivity index (χ0n) is 15.1. The fraction of sp³-hybridized carbons (Fsp3) is 0.450. The fourth-order valence-electron chi connectivity index (χ4n) is 2.69. The largest absolute Gasteiger partial charge is 0.459 e. The molecule has 132 valence electrons. The molecular formula is C20H25N3O2. The number of nitrogens with zero attached hydrogens (tertiary/aromatic N) is 3. The van der Waals surface area contributed by atoms with E-state index in [-0.39, 0.29) is 12.5 Å². The van der Waals surface area contributed by atoms with Crippen molar-refractivity contribution in [1.29, 1.82) is 0 Å². The SMILES string of the molecule is CC(C)(C)OC(=O)CN(Cc1ncc(-c2ccccc2)cn1)C1CC1. The highest BCUT2D eigenvalue weighted by atomic mass is 16.6. The van der Waals surface area contributed by atoms with Gasteiger partial charge in [0.1, 0.15) is 11.4 Å². The quantitative estimate of drug-likeness (QED) is 0.755. The van der Waals surface area contributed by atoms with Gasteiger partial charge in [0.2, 0.25) is 0 Å². The fourth-order valence-corrected chi connectivity index (χ4v) is 2.69. The third-order valence-electron chi connectivity index (χ3n) is 3.97. The van der Waals surface area contributed by atoms with E-state index >= 15 is 0 Å². The van der Waals surface area contributed by atoms with Crippen LogP contribution in [0.3, 0.4) is 0 Å². The van der Waals surface area contributed by atoms with Crippen LogP contribution >= 0.6 is 0 Å². The molecule has 1 heterocycles. The van der Waals surface area contributed by atoms with Crippen molar-refractivity contribution in [3.05, 3.63) is 48.5 Å². The summed E-state index contributed by atoms with van der Waals surface area (Å²) in [6, 6.07) is 10.5. The number of carbonyl (C=O) groups is 1. The molecule has 0 spiro atoms. The first-order valence-electron chi connectivity index (χ1n) is 8.73. The van der Waals surface area contributed by atoms with E-state index in [0.717, 1.165) is 29.8 Å². The molecule has 1 saturated carbocycles. The van der Waals surface area contributed by atoms with E-state index in [1.807, 2.05) is 63.5 Å². The van der Waals surface area contributed by atoms with E-state index in [1.54, 1.807) is 0 Å². The number of aromatic nitrogens is 2. The molecule has 0 amide bonds. The standard InChI is InChI=1S/C20H25N3O2/c1-20(2,3)25-19(24)14-23(17-9-10-17)13-18-21-11-16(12-22-18)15-7-5-4-6-8-15/h4-8,11-12,17H,9-10,13-14H2,1-3H3. The van der Waals surface area contributed by atoms with Crippen LogP contribution < -0.4 is 0 Å². The number of rotatable bonds is 6. The van der Waals surface area contributed by atoms with Gasteiger partial charge in [-0.1, -0.05) is 30.3 Å². The Labute approximate surface area is 149 Å². The summed E-state index contributed by atoms with van der Waals surface area (Å²) >= 11 is 0. The monoisotopic (exact) mass is 339 g/mol. The van der Waals surface area contributed by atoms with Crippen LogP contribution in [0, 0.1) is 0 Å². The van der Waals surface area contributed by atoms with Gasteiger partial charge in [0.05, 0.1) is 13.1 Å². The minimum absolute atomic E-state index is 0.194. The molecule has 0 atom stereocenters. The van der Waals surface area contributed by atoms with Gasteiger partial charge >= 0.3 is 5.97 Å². The smallest absolute Gasteiger partial charge is 0.320 e. The Morgan fingerprint density at radius 1 is 1.12 bits per heavy atom. The van der Waals surface area contributed by atoms with E-state index in [4.69, 9.17) is 4.74 Å². The van der Waals surface area contributed by atoms with Gasteiger partial charge in [-0.25, -0.2) is 9.97 Å². The van der Waals surface area contributed by atoms with Crippen molar-refractivity contribution in [3.63, 3.8) is 0 Å². The number of hydrogen-bond acceptors (Lipinski definition) is 5. The molecule has 0 N–H and O–H groups in total. The van der Waals surface area contributed by atoms with Crippen LogP contribution in [0.4, 0.5) is 0 Å². The normalized spacial score (nSPS) is 14.6. The number of carbonyl (C=O) groups excluding carboxylic acids is 1. The molecule has 1 aliphatic carbocycles. The number of hydrogen-bond donors (Lipinski definition) is 0. The van der Waals surface area contributed by atoms with Crippen LogP contribution in [0.25, 0.3) is 11.1 Å². The van der Waals surface area contributed by atoms with Gasteiger partial charge in [-0.15, -0.1) is 0 Å². The second-order valence-electron chi connectivity index (χ2n) is 7.48. The highest BCUT2D eigenvalue weighted by Gasteiger charge is 2.32. The van der Waals surface area contributed by atoms with Gasteiger partial charge in [0.25, 0.3) is 0 Å². The highest BCUT2D eigenvalue weighted by molar-refractivity contribution is 5.72. The molecule has 3 rings (SSSR count). The highest BCUT2D eigenvalue weighted by Crippen LogP contribution is 2.28. The lowest BCUT2D eigenvalue weighted by Crippen LogP contribution is -2.36. The first-order chi connectivity index (χ1) is 11.9. The lowest BCUT2D eigenvalue weighted by Gasteiger charge is -2.24. The van der Waals surface area contributed by atoms with Crippen LogP contribution in [0.15, 0.2) is 42.7 Å². The van der Waals surface area contributed by atoms with Crippen molar-refractivity contribution < 1.29 is 9.53 Å². The van der Waals surface area contributed by atoms with Crippen molar-refractivity contribution >= 4 is 5.97 Å². The molecule has 1 aromatic heterocycles. The molecule has 5 heteroatoms. The van der Waals surface area contributed by atoms with Gasteiger partial charge in [-0.3, -0.25) is 9.69 Å². The molecule has 1 fully saturated rings. The minimum Gasteiger partial charge on any atom is -0.459 e. The average molecular weight is 339 g/mol. The predicted molar refractivity (Wildman–Crippen MR) is 96.7 cm³/mol. The Hall–Kier alpha value is -2.27. The molecule has 0 saturated heterocycles. The Morgan fingerprint density at radius 3 is 2.32 bits per heavy atom. The minimum atomic E-state index is -0.458. The lowest BCUT2D eigenvalue weighted by atomic mass is 10.1. The second kappa shape index (κ2) is 7.31. The maximum atomic E-state index is 12.1. The van der Waals surface area contributed by atoms with E-state index in [2.05, 4.69) is 14.9 Å². The van der Waals surface area contributed by atoms with Gasteiger partial charge < -0.3 is 4.74 Å². The number of benzene rings is 1. The Balaban J connectivity index is 1.63. The molecular weight excluding hydrogens is 314 g/mol. The van der Waals surface area contributed by atoms with Gasteiger partial charge in [0.15, 0.2) is 0 Å². The molecule has 0 radical (unpaired) electrons. The third-order valence-corrected chi connectivity index (χ3v) is 3.97. The Morgan fingerprint density at radius 2 is 1.76 bits per heavy atom. The van der Waals surface area contributed by atoms with Crippen molar-refractivity contribution in [2.75, 3.05) is 6.54 Å². The predicted octanol–water partition coefficient (Wildman–Crippen LogP) is 3.45. The van der Waals surface area contributed by atoms with Crippen LogP contribution in [0.1, 0.15) is 39.4 Å². The van der Waals surface area contributed by atoms with Crippen molar-refractivity contribution in [2.45, 2.75) is 51.8 Å². The van der Waals surface area contributed by atoms with E-state index in [1.165, 1.54) is 0 Å². The molecule has 1 aromatic carbocycles. The second-order valence-corrected chi connectivity index (χ2v) is 7.48. The summed E-state index contributed by atoms with van der Waals surface area (Å²) < 4.78 is 5.44. The first kappa shape index (κ1) is 17.5. The van der Waals surface area contributed by atoms with E-state index < -0.39 is 5.60 Å². The zero-order chi connectivity index (χ0) is 17.9. The summed E-state index contributed by atoms with van der Waals surface area (Å²) in [5.74, 6) is 0.537. The summed E-state index contributed by atoms with van der Waals surface area (Å²) in [4.78, 5) is 23.2. The molecule has 1 aliphatic rings. The van der Waals surface area contributed by atoms with Crippen LogP contribution in [-0.2, 0) is 16.1 Å². The van der Waals surface area contributed by atoms with Crippen LogP contribution in [-0.4, -0.2) is 39.0 Å². The first-order valence-corrected chi connectivity index (χ1v) is 8.73. The number of ether oxygens (including phenoxy) is 1. The molecule has 0 bridgehead atoms. The van der Waals surface area contributed by atoms with E-state index in [0.29, 0.717) is 12.6 Å². The Kier molecular flexibility index (Phi) is 5.13. The molecule has 5 nitrogen and oxygen atoms in total. The van der Waals surface area contributed by atoms with E-state index in [9.17, 15) is 4.79 Å². The maximum absolute atomic E-state index is 12.1. The topological polar surface area (TPSA) is 55.3 Å². The number of esters is 1. The van der Waals surface area contributed by atoms with Gasteiger partial charge in [-0.05, 0) is 39.2 Å². The molecule has 0 aliphatic heterocycles. The summed E-state index contributed by atoms with van der Waals surface area (Å²) in [6.07, 6.45) is 5.92. The molecule has 0 unspecified atom stereocenters. The zero-order valence-corrected chi connectivity index (χ0v) is 15.1. The van der Waals surface area contributed by atoms with Gasteiger partial charge in [-0.2, -0.15) is 0 Å². The van der Waals surface area contributed by atoms with Crippen LogP contribution in [0.5, 0.6) is 0 Å². The van der Waals surface area contributed by atoms with Crippen LogP contribution in [0.2, 0.25) is 0 Å². The molecule has 2 aromatic rings. The molecule has 25 heavy (non-hydrogen) atoms. The summed E-state index contributed by atoms with van der Waals surface area (Å²) in [6.45, 7) is 6.51. The average Bonchev–Trinajstić information content (AvgIpc) is 3.39. The maximum Gasteiger partial charge on any atom is 0.320 e. The van der Waals surface area contributed by atoms with Gasteiger partial charge in [0, 0.05) is 24.0 Å². The van der Waals surface area contributed by atoms with Crippen molar-refractivity contribution in [2.24, 2.45) is 0 Å². The third kappa shape index (κ3) is 5.36. The lowest BCUT2D eigenvalue weighted by molar-refractivity contribution is -0.156. The Bertz CT molecular complexity index is 704. The summed E-state index contributed by atoms with van der Waals surface area (Å²) in [5, 5.41) is 0. The van der Waals surface area contributed by atoms with Crippen molar-refractivity contribution in [1.82, 2.24) is 14.9 Å².